The number of diazo groups is 1. The molecule has 0 N–H and O–H groups in total. The largest absolute Gasteiger partial charge is 0.469 e. The van der Waals surface area contributed by atoms with Crippen molar-refractivity contribution in [3.8, 4) is 0 Å². The number of hydrogen-bond donors (Lipinski definition) is 0. The lowest BCUT2D eigenvalue weighted by Crippen LogP contribution is -2.03. The van der Waals surface area contributed by atoms with Crippen LogP contribution in [0.1, 0.15) is 5.56 Å². The summed E-state index contributed by atoms with van der Waals surface area (Å²) >= 11 is 0. The summed E-state index contributed by atoms with van der Waals surface area (Å²) in [6, 6.07) is 6.75. The minimum Gasteiger partial charge on any atom is -0.469 e. The van der Waals surface area contributed by atoms with Crippen molar-refractivity contribution in [3.63, 3.8) is 0 Å². The van der Waals surface area contributed by atoms with Crippen LogP contribution in [0.3, 0.4) is 0 Å². The monoisotopic (exact) mass is 177 g/mol. The molecule has 0 amide bonds. The Hall–Kier alpha value is -1.89. The molecule has 0 saturated heterocycles. The first-order valence-electron chi connectivity index (χ1n) is 3.77. The van der Waals surface area contributed by atoms with Crippen molar-refractivity contribution in [2.75, 3.05) is 7.11 Å². The fraction of sp³-hybridized carbons (Fsp3) is 0.222. The second-order valence-corrected chi connectivity index (χ2v) is 2.52. The molecule has 0 aliphatic carbocycles. The van der Waals surface area contributed by atoms with E-state index in [1.807, 2.05) is 0 Å². The maximum atomic E-state index is 10.9. The number of carbonyl (C=O) groups is 1. The van der Waals surface area contributed by atoms with E-state index >= 15 is 0 Å². The van der Waals surface area contributed by atoms with Crippen molar-refractivity contribution < 1.29 is 9.53 Å². The third-order valence-corrected chi connectivity index (χ3v) is 1.60. The van der Waals surface area contributed by atoms with Crippen LogP contribution in [0.4, 0.5) is 5.69 Å². The Morgan fingerprint density at radius 2 is 2.38 bits per heavy atom. The van der Waals surface area contributed by atoms with Gasteiger partial charge in [0, 0.05) is 12.1 Å². The molecule has 0 radical (unpaired) electrons. The third kappa shape index (κ3) is 2.56. The minimum absolute atomic E-state index is 0.194. The maximum Gasteiger partial charge on any atom is 0.385 e. The number of esters is 1. The van der Waals surface area contributed by atoms with Crippen molar-refractivity contribution in [1.82, 2.24) is 0 Å². The molecule has 4 heteroatoms. The van der Waals surface area contributed by atoms with E-state index in [1.165, 1.54) is 7.11 Å². The zero-order valence-corrected chi connectivity index (χ0v) is 7.23. The van der Waals surface area contributed by atoms with Gasteiger partial charge in [0.2, 0.25) is 5.39 Å². The fourth-order valence-corrected chi connectivity index (χ4v) is 0.967. The number of hydrogen-bond acceptors (Lipinski definition) is 3. The number of nitrogens with zero attached hydrogens (tertiary/aromatic N) is 2. The van der Waals surface area contributed by atoms with E-state index < -0.39 is 0 Å². The molecular weight excluding hydrogens is 168 g/mol. The van der Waals surface area contributed by atoms with Gasteiger partial charge in [-0.25, -0.2) is 0 Å². The number of rotatable bonds is 2. The summed E-state index contributed by atoms with van der Waals surface area (Å²) in [6.07, 6.45) is 0.194. The topological polar surface area (TPSA) is 54.5 Å². The van der Waals surface area contributed by atoms with Gasteiger partial charge in [-0.05, 0) is 5.56 Å². The van der Waals surface area contributed by atoms with E-state index in [0.717, 1.165) is 5.56 Å². The fourth-order valence-electron chi connectivity index (χ4n) is 0.967. The number of carbonyl (C=O) groups excluding carboxylic acids is 1. The van der Waals surface area contributed by atoms with Gasteiger partial charge in [0.15, 0.2) is 4.98 Å². The molecule has 66 valence electrons. The molecular formula is C9H9N2O2+. The Morgan fingerprint density at radius 3 is 3.00 bits per heavy atom. The summed E-state index contributed by atoms with van der Waals surface area (Å²) in [6.45, 7) is 0. The van der Waals surface area contributed by atoms with E-state index in [9.17, 15) is 4.79 Å². The van der Waals surface area contributed by atoms with E-state index in [-0.39, 0.29) is 12.4 Å². The molecule has 4 nitrogen and oxygen atoms in total. The predicted molar refractivity (Wildman–Crippen MR) is 46.9 cm³/mol. The lowest BCUT2D eigenvalue weighted by Gasteiger charge is -1.96. The molecule has 0 unspecified atom stereocenters. The average molecular weight is 177 g/mol. The van der Waals surface area contributed by atoms with E-state index in [4.69, 9.17) is 5.39 Å². The highest BCUT2D eigenvalue weighted by Crippen LogP contribution is 2.14. The van der Waals surface area contributed by atoms with E-state index in [2.05, 4.69) is 9.71 Å². The Kier molecular flexibility index (Phi) is 2.98. The van der Waals surface area contributed by atoms with Gasteiger partial charge in [-0.2, -0.15) is 0 Å². The van der Waals surface area contributed by atoms with Crippen LogP contribution in [0.2, 0.25) is 0 Å². The molecule has 1 aromatic rings. The Balaban J connectivity index is 2.79. The third-order valence-electron chi connectivity index (χ3n) is 1.60. The molecule has 0 aliphatic heterocycles. The van der Waals surface area contributed by atoms with Crippen molar-refractivity contribution in [3.05, 3.63) is 34.8 Å². The molecule has 0 spiro atoms. The molecule has 0 aromatic heterocycles. The number of benzene rings is 1. The van der Waals surface area contributed by atoms with Crippen molar-refractivity contribution in [2.24, 2.45) is 0 Å². The van der Waals surface area contributed by atoms with Crippen LogP contribution in [0.25, 0.3) is 4.98 Å². The first-order chi connectivity index (χ1) is 6.26. The first-order valence-corrected chi connectivity index (χ1v) is 3.77. The Labute approximate surface area is 75.8 Å². The molecule has 1 aromatic carbocycles. The average Bonchev–Trinajstić information content (AvgIpc) is 2.18. The Bertz CT molecular complexity index is 355. The Morgan fingerprint density at radius 1 is 1.62 bits per heavy atom. The minimum atomic E-state index is -0.310. The van der Waals surface area contributed by atoms with Crippen LogP contribution in [0, 0.1) is 5.39 Å². The smallest absolute Gasteiger partial charge is 0.385 e. The standard InChI is InChI=1S/C9H9N2O2/c1-13-9(12)6-7-3-2-4-8(5-7)11-10/h2-5H,6H2,1H3/q+1. The van der Waals surface area contributed by atoms with Gasteiger partial charge in [-0.15, -0.1) is 0 Å². The highest BCUT2D eigenvalue weighted by Gasteiger charge is 2.07. The zero-order valence-electron chi connectivity index (χ0n) is 7.23. The van der Waals surface area contributed by atoms with Crippen LogP contribution in [0.5, 0.6) is 0 Å². The summed E-state index contributed by atoms with van der Waals surface area (Å²) < 4.78 is 4.50. The quantitative estimate of drug-likeness (QED) is 0.512. The summed E-state index contributed by atoms with van der Waals surface area (Å²) in [5, 5.41) is 8.46. The molecule has 13 heavy (non-hydrogen) atoms. The van der Waals surface area contributed by atoms with Gasteiger partial charge in [-0.1, -0.05) is 12.1 Å². The van der Waals surface area contributed by atoms with Crippen molar-refractivity contribution in [1.29, 1.82) is 5.39 Å². The second kappa shape index (κ2) is 4.21. The summed E-state index contributed by atoms with van der Waals surface area (Å²) in [4.78, 5) is 13.9. The van der Waals surface area contributed by atoms with Gasteiger partial charge in [-0.3, -0.25) is 4.79 Å². The van der Waals surface area contributed by atoms with Gasteiger partial charge >= 0.3 is 11.7 Å². The molecule has 0 fully saturated rings. The second-order valence-electron chi connectivity index (χ2n) is 2.52. The van der Waals surface area contributed by atoms with Crippen LogP contribution < -0.4 is 0 Å². The highest BCUT2D eigenvalue weighted by molar-refractivity contribution is 5.72. The molecule has 0 heterocycles. The molecule has 0 bridgehead atoms. The maximum absolute atomic E-state index is 10.9. The van der Waals surface area contributed by atoms with Crippen LogP contribution in [0.15, 0.2) is 24.3 Å². The summed E-state index contributed by atoms with van der Waals surface area (Å²) in [7, 11) is 1.34. The van der Waals surface area contributed by atoms with Crippen LogP contribution in [-0.4, -0.2) is 13.1 Å². The highest BCUT2D eigenvalue weighted by atomic mass is 16.5. The van der Waals surface area contributed by atoms with Gasteiger partial charge < -0.3 is 4.74 Å². The van der Waals surface area contributed by atoms with Gasteiger partial charge in [0.25, 0.3) is 0 Å². The SMILES string of the molecule is COC(=O)Cc1cccc([N+]#N)c1. The summed E-state index contributed by atoms with van der Waals surface area (Å²) in [5.74, 6) is -0.310. The van der Waals surface area contributed by atoms with Crippen LogP contribution in [-0.2, 0) is 16.0 Å². The normalized spacial score (nSPS) is 8.92. The molecule has 0 atom stereocenters. The van der Waals surface area contributed by atoms with E-state index in [1.54, 1.807) is 24.3 Å². The molecule has 0 saturated carbocycles. The van der Waals surface area contributed by atoms with Gasteiger partial charge in [0.05, 0.1) is 13.5 Å². The summed E-state index contributed by atoms with van der Waals surface area (Å²) in [5.41, 5.74) is 1.20. The van der Waals surface area contributed by atoms with Crippen molar-refractivity contribution in [2.45, 2.75) is 6.42 Å². The van der Waals surface area contributed by atoms with Crippen molar-refractivity contribution >= 4 is 11.7 Å². The van der Waals surface area contributed by atoms with E-state index in [0.29, 0.717) is 5.69 Å². The molecule has 0 aliphatic rings. The van der Waals surface area contributed by atoms with Gasteiger partial charge in [0.1, 0.15) is 0 Å². The molecule has 1 rings (SSSR count). The lowest BCUT2D eigenvalue weighted by molar-refractivity contribution is -0.139. The number of methoxy groups -OCH3 is 1. The first kappa shape index (κ1) is 9.20. The zero-order chi connectivity index (χ0) is 9.68. The predicted octanol–water partition coefficient (Wildman–Crippen LogP) is 1.89. The number of ether oxygens (including phenoxy) is 1. The van der Waals surface area contributed by atoms with Crippen LogP contribution >= 0.6 is 0 Å². The lowest BCUT2D eigenvalue weighted by atomic mass is 10.1.